The quantitative estimate of drug-likeness (QED) is 0.588. The maximum atomic E-state index is 11.1. The summed E-state index contributed by atoms with van der Waals surface area (Å²) < 4.78 is 0. The molecule has 9 heteroatoms. The van der Waals surface area contributed by atoms with Crippen LogP contribution in [0.2, 0.25) is 0 Å². The smallest absolute Gasteiger partial charge is 0.312 e. The summed E-state index contributed by atoms with van der Waals surface area (Å²) in [6.45, 7) is 0.525. The highest BCUT2D eigenvalue weighted by molar-refractivity contribution is 5.75. The van der Waals surface area contributed by atoms with Gasteiger partial charge >= 0.3 is 5.97 Å². The van der Waals surface area contributed by atoms with E-state index in [2.05, 4.69) is 0 Å². The Labute approximate surface area is 112 Å². The molecule has 1 aromatic carbocycles. The molecule has 1 atom stereocenters. The van der Waals surface area contributed by atoms with E-state index in [1.165, 1.54) is 6.92 Å². The molecule has 108 valence electrons. The summed E-state index contributed by atoms with van der Waals surface area (Å²) in [5, 5.41) is 39.7. The second-order valence-corrected chi connectivity index (χ2v) is 4.53. The Morgan fingerprint density at radius 3 is 2.30 bits per heavy atom. The Morgan fingerprint density at radius 1 is 1.30 bits per heavy atom. The topological polar surface area (TPSA) is 144 Å². The van der Waals surface area contributed by atoms with Crippen LogP contribution in [0.5, 0.6) is 0 Å². The van der Waals surface area contributed by atoms with Crippen LogP contribution in [0.15, 0.2) is 18.2 Å². The number of hydrogen-bond acceptors (Lipinski definition) is 6. The number of rotatable bonds is 6. The monoisotopic (exact) mass is 284 g/mol. The summed E-state index contributed by atoms with van der Waals surface area (Å²) in [4.78, 5) is 31.0. The number of nitro groups is 2. The normalized spacial score (nSPS) is 13.5. The van der Waals surface area contributed by atoms with Gasteiger partial charge in [-0.3, -0.25) is 25.0 Å². The molecule has 0 heterocycles. The van der Waals surface area contributed by atoms with Crippen LogP contribution in [0.4, 0.5) is 11.4 Å². The lowest BCUT2D eigenvalue weighted by Gasteiger charge is -2.21. The largest absolute Gasteiger partial charge is 0.481 e. The number of carboxylic acids is 1. The SMILES string of the molecule is CC(CO)(Cc1ccc([N+](=O)[O-])cc1[N+](=O)[O-])C(=O)O. The van der Waals surface area contributed by atoms with Gasteiger partial charge in [-0.15, -0.1) is 0 Å². The second-order valence-electron chi connectivity index (χ2n) is 4.53. The number of aliphatic carboxylic acids is 1. The van der Waals surface area contributed by atoms with Crippen molar-refractivity contribution in [1.29, 1.82) is 0 Å². The summed E-state index contributed by atoms with van der Waals surface area (Å²) in [5.41, 5.74) is -2.58. The number of nitrogens with zero attached hydrogens (tertiary/aromatic N) is 2. The molecule has 1 aromatic rings. The first-order chi connectivity index (χ1) is 9.21. The molecule has 1 unspecified atom stereocenters. The van der Waals surface area contributed by atoms with E-state index in [9.17, 15) is 25.0 Å². The molecule has 1 rings (SSSR count). The molecule has 0 amide bonds. The highest BCUT2D eigenvalue weighted by atomic mass is 16.6. The summed E-state index contributed by atoms with van der Waals surface area (Å²) in [6.07, 6.45) is -0.312. The molecule has 0 aliphatic heterocycles. The Kier molecular flexibility index (Phi) is 4.35. The Balaban J connectivity index is 3.28. The standard InChI is InChI=1S/C11H12N2O7/c1-11(6-14,10(15)16)5-7-2-3-8(12(17)18)4-9(7)13(19)20/h2-4,14H,5-6H2,1H3,(H,15,16). The van der Waals surface area contributed by atoms with Crippen molar-refractivity contribution in [3.8, 4) is 0 Å². The molecule has 0 spiro atoms. The van der Waals surface area contributed by atoms with Gasteiger partial charge in [0, 0.05) is 11.6 Å². The van der Waals surface area contributed by atoms with Crippen molar-refractivity contribution in [2.75, 3.05) is 6.61 Å². The number of carbonyl (C=O) groups is 1. The molecule has 0 bridgehead atoms. The van der Waals surface area contributed by atoms with Gasteiger partial charge in [0.2, 0.25) is 0 Å². The molecule has 2 N–H and O–H groups in total. The lowest BCUT2D eigenvalue weighted by atomic mass is 9.84. The van der Waals surface area contributed by atoms with E-state index in [0.717, 1.165) is 18.2 Å². The van der Waals surface area contributed by atoms with Crippen molar-refractivity contribution < 1.29 is 24.9 Å². The van der Waals surface area contributed by atoms with E-state index in [4.69, 9.17) is 10.2 Å². The molecular formula is C11H12N2O7. The third-order valence-electron chi connectivity index (χ3n) is 2.92. The minimum absolute atomic E-state index is 0.0135. The van der Waals surface area contributed by atoms with E-state index < -0.39 is 39.2 Å². The van der Waals surface area contributed by atoms with Crippen molar-refractivity contribution in [2.24, 2.45) is 5.41 Å². The lowest BCUT2D eigenvalue weighted by Crippen LogP contribution is -2.34. The van der Waals surface area contributed by atoms with E-state index in [1.54, 1.807) is 0 Å². The van der Waals surface area contributed by atoms with Gasteiger partial charge in [-0.2, -0.15) is 0 Å². The number of aliphatic hydroxyl groups is 1. The number of nitro benzene ring substituents is 2. The summed E-state index contributed by atoms with van der Waals surface area (Å²) >= 11 is 0. The number of carboxylic acid groups (broad SMARTS) is 1. The van der Waals surface area contributed by atoms with Gasteiger partial charge in [-0.05, 0) is 19.4 Å². The third kappa shape index (κ3) is 3.06. The van der Waals surface area contributed by atoms with Gasteiger partial charge in [0.15, 0.2) is 0 Å². The molecule has 20 heavy (non-hydrogen) atoms. The molecule has 0 radical (unpaired) electrons. The first-order valence-corrected chi connectivity index (χ1v) is 5.47. The minimum Gasteiger partial charge on any atom is -0.481 e. The van der Waals surface area contributed by atoms with Crippen molar-refractivity contribution in [1.82, 2.24) is 0 Å². The number of benzene rings is 1. The molecule has 0 aliphatic rings. The molecule has 0 saturated heterocycles. The summed E-state index contributed by atoms with van der Waals surface area (Å²) in [5.74, 6) is -1.31. The zero-order valence-electron chi connectivity index (χ0n) is 10.5. The number of non-ortho nitro benzene ring substituents is 1. The van der Waals surface area contributed by atoms with Gasteiger partial charge in [0.25, 0.3) is 11.4 Å². The molecular weight excluding hydrogens is 272 g/mol. The maximum Gasteiger partial charge on any atom is 0.312 e. The first kappa shape index (κ1) is 15.5. The molecule has 9 nitrogen and oxygen atoms in total. The fraction of sp³-hybridized carbons (Fsp3) is 0.364. The van der Waals surface area contributed by atoms with E-state index in [1.807, 2.05) is 0 Å². The predicted molar refractivity (Wildman–Crippen MR) is 66.3 cm³/mol. The molecule has 0 aromatic heterocycles. The fourth-order valence-electron chi connectivity index (χ4n) is 1.60. The van der Waals surface area contributed by atoms with Crippen LogP contribution >= 0.6 is 0 Å². The van der Waals surface area contributed by atoms with Crippen LogP contribution < -0.4 is 0 Å². The molecule has 0 fully saturated rings. The fourth-order valence-corrected chi connectivity index (χ4v) is 1.60. The minimum atomic E-state index is -1.60. The number of hydrogen-bond donors (Lipinski definition) is 2. The van der Waals surface area contributed by atoms with Crippen LogP contribution in [-0.2, 0) is 11.2 Å². The average molecular weight is 284 g/mol. The van der Waals surface area contributed by atoms with Crippen LogP contribution in [0.3, 0.4) is 0 Å². The maximum absolute atomic E-state index is 11.1. The average Bonchev–Trinajstić information content (AvgIpc) is 2.38. The Bertz CT molecular complexity index is 572. The first-order valence-electron chi connectivity index (χ1n) is 5.47. The van der Waals surface area contributed by atoms with Crippen molar-refractivity contribution in [2.45, 2.75) is 13.3 Å². The van der Waals surface area contributed by atoms with Crippen molar-refractivity contribution >= 4 is 17.3 Å². The highest BCUT2D eigenvalue weighted by Crippen LogP contribution is 2.31. The van der Waals surface area contributed by atoms with Crippen LogP contribution in [0.25, 0.3) is 0 Å². The number of aliphatic hydroxyl groups excluding tert-OH is 1. The lowest BCUT2D eigenvalue weighted by molar-refractivity contribution is -0.394. The van der Waals surface area contributed by atoms with Crippen molar-refractivity contribution in [3.63, 3.8) is 0 Å². The van der Waals surface area contributed by atoms with Gasteiger partial charge in [-0.25, -0.2) is 0 Å². The van der Waals surface area contributed by atoms with Gasteiger partial charge < -0.3 is 10.2 Å². The van der Waals surface area contributed by atoms with Gasteiger partial charge in [0.05, 0.1) is 27.9 Å². The second kappa shape index (κ2) is 5.61. The molecule has 0 saturated carbocycles. The van der Waals surface area contributed by atoms with E-state index in [0.29, 0.717) is 0 Å². The third-order valence-corrected chi connectivity index (χ3v) is 2.92. The zero-order valence-corrected chi connectivity index (χ0v) is 10.5. The Morgan fingerprint density at radius 2 is 1.90 bits per heavy atom. The van der Waals surface area contributed by atoms with E-state index >= 15 is 0 Å². The Hall–Kier alpha value is -2.55. The highest BCUT2D eigenvalue weighted by Gasteiger charge is 2.35. The summed E-state index contributed by atoms with van der Waals surface area (Å²) in [6, 6.07) is 2.96. The predicted octanol–water partition coefficient (Wildman–Crippen LogP) is 1.13. The van der Waals surface area contributed by atoms with Crippen LogP contribution in [0.1, 0.15) is 12.5 Å². The van der Waals surface area contributed by atoms with E-state index in [-0.39, 0.29) is 12.0 Å². The zero-order chi connectivity index (χ0) is 15.5. The molecule has 0 aliphatic carbocycles. The summed E-state index contributed by atoms with van der Waals surface area (Å²) in [7, 11) is 0. The van der Waals surface area contributed by atoms with Crippen LogP contribution in [-0.4, -0.2) is 32.6 Å². The van der Waals surface area contributed by atoms with Gasteiger partial charge in [0.1, 0.15) is 0 Å². The van der Waals surface area contributed by atoms with Crippen molar-refractivity contribution in [3.05, 3.63) is 44.0 Å². The van der Waals surface area contributed by atoms with Crippen LogP contribution in [0, 0.1) is 25.6 Å². The van der Waals surface area contributed by atoms with Gasteiger partial charge in [-0.1, -0.05) is 0 Å².